The number of anilines is 1. The van der Waals surface area contributed by atoms with Crippen LogP contribution < -0.4 is 14.8 Å². The predicted octanol–water partition coefficient (Wildman–Crippen LogP) is 4.44. The van der Waals surface area contributed by atoms with Crippen LogP contribution in [-0.2, 0) is 11.2 Å². The van der Waals surface area contributed by atoms with E-state index in [9.17, 15) is 4.79 Å². The molecule has 0 saturated carbocycles. The highest BCUT2D eigenvalue weighted by Crippen LogP contribution is 2.31. The molecule has 1 aromatic heterocycles. The minimum absolute atomic E-state index is 0.0614. The fourth-order valence-corrected chi connectivity index (χ4v) is 2.56. The molecule has 0 radical (unpaired) electrons. The van der Waals surface area contributed by atoms with Crippen LogP contribution >= 0.6 is 0 Å². The fraction of sp³-hybridized carbons (Fsp3) is 0.500. The molecule has 26 heavy (non-hydrogen) atoms. The molecule has 142 valence electrons. The SMILES string of the molecule is CCCOc1ccc(NC(=O)CCc2c(C)noc2C)cc1OCCC. The van der Waals surface area contributed by atoms with Crippen molar-refractivity contribution in [3.05, 3.63) is 35.2 Å². The number of nitrogens with one attached hydrogen (secondary N) is 1. The summed E-state index contributed by atoms with van der Waals surface area (Å²) in [4.78, 5) is 12.3. The average molecular weight is 360 g/mol. The van der Waals surface area contributed by atoms with Crippen LogP contribution in [0.3, 0.4) is 0 Å². The Morgan fingerprint density at radius 3 is 2.42 bits per heavy atom. The van der Waals surface area contributed by atoms with E-state index in [4.69, 9.17) is 14.0 Å². The predicted molar refractivity (Wildman–Crippen MR) is 101 cm³/mol. The number of rotatable bonds is 10. The van der Waals surface area contributed by atoms with E-state index in [1.165, 1.54) is 0 Å². The Balaban J connectivity index is 1.99. The van der Waals surface area contributed by atoms with Crippen LogP contribution in [0.4, 0.5) is 5.69 Å². The maximum absolute atomic E-state index is 12.3. The number of carbonyl (C=O) groups is 1. The van der Waals surface area contributed by atoms with Crippen molar-refractivity contribution in [2.75, 3.05) is 18.5 Å². The summed E-state index contributed by atoms with van der Waals surface area (Å²) in [6.07, 6.45) is 2.79. The highest BCUT2D eigenvalue weighted by atomic mass is 16.5. The maximum Gasteiger partial charge on any atom is 0.224 e. The van der Waals surface area contributed by atoms with Gasteiger partial charge in [0.1, 0.15) is 5.76 Å². The first-order chi connectivity index (χ1) is 12.5. The van der Waals surface area contributed by atoms with Gasteiger partial charge in [0.2, 0.25) is 5.91 Å². The summed E-state index contributed by atoms with van der Waals surface area (Å²) in [7, 11) is 0. The first kappa shape index (κ1) is 19.8. The van der Waals surface area contributed by atoms with Gasteiger partial charge in [-0.1, -0.05) is 19.0 Å². The molecular weight excluding hydrogens is 332 g/mol. The molecule has 0 aliphatic carbocycles. The molecule has 0 aliphatic heterocycles. The number of amides is 1. The molecular formula is C20H28N2O4. The average Bonchev–Trinajstić information content (AvgIpc) is 2.95. The first-order valence-corrected chi connectivity index (χ1v) is 9.16. The van der Waals surface area contributed by atoms with Crippen molar-refractivity contribution in [3.8, 4) is 11.5 Å². The van der Waals surface area contributed by atoms with E-state index in [1.54, 1.807) is 0 Å². The van der Waals surface area contributed by atoms with Crippen molar-refractivity contribution in [3.63, 3.8) is 0 Å². The van der Waals surface area contributed by atoms with E-state index in [-0.39, 0.29) is 5.91 Å². The normalized spacial score (nSPS) is 10.6. The van der Waals surface area contributed by atoms with Crippen LogP contribution in [0.2, 0.25) is 0 Å². The third kappa shape index (κ3) is 5.51. The molecule has 0 atom stereocenters. The van der Waals surface area contributed by atoms with Crippen molar-refractivity contribution in [2.24, 2.45) is 0 Å². The summed E-state index contributed by atoms with van der Waals surface area (Å²) < 4.78 is 16.6. The maximum atomic E-state index is 12.3. The van der Waals surface area contributed by atoms with Gasteiger partial charge in [0.25, 0.3) is 0 Å². The highest BCUT2D eigenvalue weighted by molar-refractivity contribution is 5.91. The molecule has 2 rings (SSSR count). The molecule has 1 heterocycles. The fourth-order valence-electron chi connectivity index (χ4n) is 2.56. The standard InChI is InChI=1S/C20H28N2O4/c1-5-11-24-18-9-7-16(13-19(18)25-12-6-2)21-20(23)10-8-17-14(3)22-26-15(17)4/h7,9,13H,5-6,8,10-12H2,1-4H3,(H,21,23). The summed E-state index contributed by atoms with van der Waals surface area (Å²) in [5.41, 5.74) is 2.53. The number of aryl methyl sites for hydroxylation is 2. The smallest absolute Gasteiger partial charge is 0.224 e. The topological polar surface area (TPSA) is 73.6 Å². The van der Waals surface area contributed by atoms with Crippen molar-refractivity contribution in [1.82, 2.24) is 5.16 Å². The van der Waals surface area contributed by atoms with Gasteiger partial charge in [0.05, 0.1) is 18.9 Å². The number of benzene rings is 1. The van der Waals surface area contributed by atoms with E-state index in [0.717, 1.165) is 29.9 Å². The third-order valence-electron chi connectivity index (χ3n) is 3.93. The van der Waals surface area contributed by atoms with Gasteiger partial charge >= 0.3 is 0 Å². The van der Waals surface area contributed by atoms with Crippen molar-refractivity contribution >= 4 is 11.6 Å². The quantitative estimate of drug-likeness (QED) is 0.678. The number of hydrogen-bond donors (Lipinski definition) is 1. The Labute approximate surface area is 154 Å². The van der Waals surface area contributed by atoms with Gasteiger partial charge in [0, 0.05) is 23.7 Å². The van der Waals surface area contributed by atoms with Crippen LogP contribution in [-0.4, -0.2) is 24.3 Å². The second-order valence-electron chi connectivity index (χ2n) is 6.21. The van der Waals surface area contributed by atoms with E-state index < -0.39 is 0 Å². The molecule has 6 heteroatoms. The zero-order chi connectivity index (χ0) is 18.9. The van der Waals surface area contributed by atoms with Gasteiger partial charge in [-0.2, -0.15) is 0 Å². The van der Waals surface area contributed by atoms with Crippen molar-refractivity contribution in [1.29, 1.82) is 0 Å². The summed E-state index contributed by atoms with van der Waals surface area (Å²) in [6, 6.07) is 5.48. The molecule has 1 aromatic carbocycles. The summed E-state index contributed by atoms with van der Waals surface area (Å²) in [5.74, 6) is 2.06. The van der Waals surface area contributed by atoms with E-state index in [0.29, 0.717) is 43.2 Å². The van der Waals surface area contributed by atoms with Crippen LogP contribution in [0.15, 0.2) is 22.7 Å². The molecule has 0 saturated heterocycles. The third-order valence-corrected chi connectivity index (χ3v) is 3.93. The van der Waals surface area contributed by atoms with E-state index >= 15 is 0 Å². The molecule has 0 fully saturated rings. The van der Waals surface area contributed by atoms with Crippen LogP contribution in [0.25, 0.3) is 0 Å². The number of ether oxygens (including phenoxy) is 2. The molecule has 2 aromatic rings. The van der Waals surface area contributed by atoms with Gasteiger partial charge in [-0.25, -0.2) is 0 Å². The van der Waals surface area contributed by atoms with E-state index in [1.807, 2.05) is 39.0 Å². The molecule has 0 unspecified atom stereocenters. The zero-order valence-electron chi connectivity index (χ0n) is 16.1. The number of hydrogen-bond acceptors (Lipinski definition) is 5. The zero-order valence-corrected chi connectivity index (χ0v) is 16.1. The van der Waals surface area contributed by atoms with Crippen LogP contribution in [0.5, 0.6) is 11.5 Å². The van der Waals surface area contributed by atoms with Crippen molar-refractivity contribution < 1.29 is 18.8 Å². The number of carbonyl (C=O) groups excluding carboxylic acids is 1. The Bertz CT molecular complexity index is 705. The molecule has 0 spiro atoms. The Morgan fingerprint density at radius 1 is 1.12 bits per heavy atom. The number of nitrogens with zero attached hydrogens (tertiary/aromatic N) is 1. The largest absolute Gasteiger partial charge is 0.490 e. The lowest BCUT2D eigenvalue weighted by atomic mass is 10.1. The monoisotopic (exact) mass is 360 g/mol. The van der Waals surface area contributed by atoms with Gasteiger partial charge in [-0.15, -0.1) is 0 Å². The Hall–Kier alpha value is -2.50. The molecule has 1 N–H and O–H groups in total. The lowest BCUT2D eigenvalue weighted by Gasteiger charge is -2.14. The van der Waals surface area contributed by atoms with Gasteiger partial charge < -0.3 is 19.3 Å². The Morgan fingerprint density at radius 2 is 1.81 bits per heavy atom. The molecule has 0 bridgehead atoms. The van der Waals surface area contributed by atoms with Gasteiger partial charge in [-0.05, 0) is 45.2 Å². The summed E-state index contributed by atoms with van der Waals surface area (Å²) >= 11 is 0. The first-order valence-electron chi connectivity index (χ1n) is 9.16. The number of aromatic nitrogens is 1. The minimum Gasteiger partial charge on any atom is -0.490 e. The van der Waals surface area contributed by atoms with Crippen LogP contribution in [0.1, 0.15) is 50.1 Å². The minimum atomic E-state index is -0.0614. The Kier molecular flexibility index (Phi) is 7.51. The summed E-state index contributed by atoms with van der Waals surface area (Å²) in [6.45, 7) is 9.08. The lowest BCUT2D eigenvalue weighted by Crippen LogP contribution is -2.13. The molecule has 0 aliphatic rings. The second kappa shape index (κ2) is 9.85. The molecule has 1 amide bonds. The lowest BCUT2D eigenvalue weighted by molar-refractivity contribution is -0.116. The second-order valence-corrected chi connectivity index (χ2v) is 6.21. The van der Waals surface area contributed by atoms with Gasteiger partial charge in [-0.3, -0.25) is 4.79 Å². The highest BCUT2D eigenvalue weighted by Gasteiger charge is 2.13. The van der Waals surface area contributed by atoms with Gasteiger partial charge in [0.15, 0.2) is 11.5 Å². The summed E-state index contributed by atoms with van der Waals surface area (Å²) in [5, 5.41) is 6.83. The van der Waals surface area contributed by atoms with Crippen LogP contribution in [0, 0.1) is 13.8 Å². The molecule has 6 nitrogen and oxygen atoms in total. The van der Waals surface area contributed by atoms with E-state index in [2.05, 4.69) is 17.4 Å². The van der Waals surface area contributed by atoms with Crippen molar-refractivity contribution in [2.45, 2.75) is 53.4 Å².